The molecule has 0 amide bonds. The van der Waals surface area contributed by atoms with Crippen LogP contribution in [0.25, 0.3) is 0 Å². The minimum absolute atomic E-state index is 0.0295. The van der Waals surface area contributed by atoms with Crippen molar-refractivity contribution in [1.29, 1.82) is 0 Å². The second-order valence-electron chi connectivity index (χ2n) is 5.52. The lowest BCUT2D eigenvalue weighted by Crippen LogP contribution is -2.15. The van der Waals surface area contributed by atoms with Crippen LogP contribution in [0.3, 0.4) is 0 Å². The average molecular weight is 294 g/mol. The van der Waals surface area contributed by atoms with E-state index in [1.54, 1.807) is 6.07 Å². The molecule has 22 heavy (non-hydrogen) atoms. The molecule has 1 unspecified atom stereocenters. The zero-order chi connectivity index (χ0) is 15.4. The van der Waals surface area contributed by atoms with E-state index in [4.69, 9.17) is 4.74 Å². The number of hydrogen-bond donors (Lipinski definition) is 0. The van der Waals surface area contributed by atoms with Gasteiger partial charge in [0.05, 0.1) is 12.5 Å². The van der Waals surface area contributed by atoms with Crippen molar-refractivity contribution in [2.45, 2.75) is 25.2 Å². The van der Waals surface area contributed by atoms with Crippen molar-refractivity contribution in [1.82, 2.24) is 0 Å². The van der Waals surface area contributed by atoms with E-state index in [0.29, 0.717) is 12.2 Å². The van der Waals surface area contributed by atoms with E-state index >= 15 is 0 Å². The number of carbonyl (C=O) groups is 2. The fourth-order valence-electron chi connectivity index (χ4n) is 2.86. The lowest BCUT2D eigenvalue weighted by atomic mass is 10.0. The maximum Gasteiger partial charge on any atom is 0.313 e. The van der Waals surface area contributed by atoms with Crippen molar-refractivity contribution < 1.29 is 14.3 Å². The van der Waals surface area contributed by atoms with Gasteiger partial charge in [0.25, 0.3) is 0 Å². The van der Waals surface area contributed by atoms with Crippen molar-refractivity contribution in [3.8, 4) is 0 Å². The number of benzene rings is 2. The summed E-state index contributed by atoms with van der Waals surface area (Å²) in [7, 11) is 0. The number of fused-ring (bicyclic) bond motifs is 1. The monoisotopic (exact) mass is 294 g/mol. The van der Waals surface area contributed by atoms with Crippen LogP contribution in [0.15, 0.2) is 54.6 Å². The molecule has 2 aromatic rings. The van der Waals surface area contributed by atoms with Crippen LogP contribution in [-0.4, -0.2) is 18.4 Å². The maximum atomic E-state index is 12.2. The maximum absolute atomic E-state index is 12.2. The van der Waals surface area contributed by atoms with Crippen LogP contribution in [0, 0.1) is 0 Å². The van der Waals surface area contributed by atoms with Gasteiger partial charge in [-0.25, -0.2) is 0 Å². The first-order valence-electron chi connectivity index (χ1n) is 7.58. The number of esters is 1. The van der Waals surface area contributed by atoms with Gasteiger partial charge in [-0.3, -0.25) is 9.59 Å². The van der Waals surface area contributed by atoms with E-state index in [1.165, 1.54) is 5.56 Å². The normalized spacial score (nSPS) is 16.4. The number of ether oxygens (including phenoxy) is 1. The molecule has 1 atom stereocenters. The van der Waals surface area contributed by atoms with Crippen molar-refractivity contribution in [2.75, 3.05) is 6.61 Å². The molecule has 3 heteroatoms. The molecule has 3 nitrogen and oxygen atoms in total. The summed E-state index contributed by atoms with van der Waals surface area (Å²) in [6.45, 7) is 0.389. The fraction of sp³-hybridized carbons (Fsp3) is 0.263. The van der Waals surface area contributed by atoms with Crippen LogP contribution < -0.4 is 0 Å². The minimum Gasteiger partial charge on any atom is -0.465 e. The topological polar surface area (TPSA) is 43.4 Å². The molecule has 0 radical (unpaired) electrons. The third-order valence-electron chi connectivity index (χ3n) is 4.01. The van der Waals surface area contributed by atoms with Crippen molar-refractivity contribution in [3.05, 3.63) is 71.3 Å². The fourth-order valence-corrected chi connectivity index (χ4v) is 2.86. The first-order valence-corrected chi connectivity index (χ1v) is 7.58. The standard InChI is InChI=1S/C19H18O3/c20-18-13-17(15-10-4-5-11-16(15)18)19(21)22-12-6-9-14-7-2-1-3-8-14/h1-5,7-8,10-11,17H,6,9,12-13H2. The predicted molar refractivity (Wildman–Crippen MR) is 83.9 cm³/mol. The van der Waals surface area contributed by atoms with Gasteiger partial charge in [0, 0.05) is 12.0 Å². The van der Waals surface area contributed by atoms with Crippen molar-refractivity contribution in [3.63, 3.8) is 0 Å². The SMILES string of the molecule is O=C1CC(C(=O)OCCCc2ccccc2)c2ccccc21. The van der Waals surface area contributed by atoms with E-state index in [0.717, 1.165) is 18.4 Å². The lowest BCUT2D eigenvalue weighted by molar-refractivity contribution is -0.145. The summed E-state index contributed by atoms with van der Waals surface area (Å²) in [5.41, 5.74) is 2.70. The van der Waals surface area contributed by atoms with Gasteiger partial charge in [-0.15, -0.1) is 0 Å². The van der Waals surface area contributed by atoms with E-state index in [9.17, 15) is 9.59 Å². The Balaban J connectivity index is 1.52. The highest BCUT2D eigenvalue weighted by atomic mass is 16.5. The molecule has 0 fully saturated rings. The van der Waals surface area contributed by atoms with Gasteiger partial charge < -0.3 is 4.74 Å². The average Bonchev–Trinajstić information content (AvgIpc) is 2.90. The second kappa shape index (κ2) is 6.56. The lowest BCUT2D eigenvalue weighted by Gasteiger charge is -2.10. The van der Waals surface area contributed by atoms with Crippen LogP contribution >= 0.6 is 0 Å². The summed E-state index contributed by atoms with van der Waals surface area (Å²) in [4.78, 5) is 24.1. The van der Waals surface area contributed by atoms with Gasteiger partial charge in [0.1, 0.15) is 0 Å². The molecule has 0 N–H and O–H groups in total. The van der Waals surface area contributed by atoms with Crippen LogP contribution in [0.1, 0.15) is 40.2 Å². The third kappa shape index (κ3) is 3.08. The van der Waals surface area contributed by atoms with Gasteiger partial charge in [0.2, 0.25) is 0 Å². The van der Waals surface area contributed by atoms with E-state index in [1.807, 2.05) is 36.4 Å². The highest BCUT2D eigenvalue weighted by molar-refractivity contribution is 6.05. The number of carbonyl (C=O) groups excluding carboxylic acids is 2. The molecule has 0 spiro atoms. The number of Topliss-reactive ketones (excluding diaryl/α,β-unsaturated/α-hetero) is 1. The van der Waals surface area contributed by atoms with E-state index < -0.39 is 5.92 Å². The summed E-state index contributed by atoms with van der Waals surface area (Å²) in [6, 6.07) is 17.4. The van der Waals surface area contributed by atoms with Crippen LogP contribution in [0.5, 0.6) is 0 Å². The highest BCUT2D eigenvalue weighted by Crippen LogP contribution is 2.33. The Morgan fingerprint density at radius 1 is 1.05 bits per heavy atom. The summed E-state index contributed by atoms with van der Waals surface area (Å²) in [5.74, 6) is -0.686. The largest absolute Gasteiger partial charge is 0.465 e. The minimum atomic E-state index is -0.430. The second-order valence-corrected chi connectivity index (χ2v) is 5.52. The molecule has 3 rings (SSSR count). The highest BCUT2D eigenvalue weighted by Gasteiger charge is 2.34. The molecule has 2 aromatic carbocycles. The zero-order valence-electron chi connectivity index (χ0n) is 12.3. The number of aryl methyl sites for hydroxylation is 1. The zero-order valence-corrected chi connectivity index (χ0v) is 12.3. The summed E-state index contributed by atoms with van der Waals surface area (Å²) >= 11 is 0. The van der Waals surface area contributed by atoms with Gasteiger partial charge in [0.15, 0.2) is 5.78 Å². The van der Waals surface area contributed by atoms with Crippen LogP contribution in [0.2, 0.25) is 0 Å². The van der Waals surface area contributed by atoms with Gasteiger partial charge in [-0.05, 0) is 24.0 Å². The van der Waals surface area contributed by atoms with E-state index in [-0.39, 0.29) is 18.2 Å². The molecule has 112 valence electrons. The molecule has 1 aliphatic rings. The smallest absolute Gasteiger partial charge is 0.313 e. The number of ketones is 1. The summed E-state index contributed by atoms with van der Waals surface area (Å²) in [5, 5.41) is 0. The molecule has 0 saturated heterocycles. The Hall–Kier alpha value is -2.42. The van der Waals surface area contributed by atoms with Gasteiger partial charge >= 0.3 is 5.97 Å². The molecule has 0 aromatic heterocycles. The van der Waals surface area contributed by atoms with E-state index in [2.05, 4.69) is 12.1 Å². The molecular formula is C19H18O3. The Kier molecular flexibility index (Phi) is 4.33. The van der Waals surface area contributed by atoms with Gasteiger partial charge in [-0.1, -0.05) is 54.6 Å². The first kappa shape index (κ1) is 14.5. The van der Waals surface area contributed by atoms with Crippen molar-refractivity contribution >= 4 is 11.8 Å². The molecule has 0 aliphatic heterocycles. The molecule has 0 heterocycles. The molecule has 0 bridgehead atoms. The van der Waals surface area contributed by atoms with Crippen LogP contribution in [-0.2, 0) is 16.0 Å². The van der Waals surface area contributed by atoms with Crippen molar-refractivity contribution in [2.24, 2.45) is 0 Å². The van der Waals surface area contributed by atoms with Crippen LogP contribution in [0.4, 0.5) is 0 Å². The third-order valence-corrected chi connectivity index (χ3v) is 4.01. The Bertz CT molecular complexity index is 676. The Labute approximate surface area is 129 Å². The number of rotatable bonds is 5. The quantitative estimate of drug-likeness (QED) is 0.626. The Morgan fingerprint density at radius 3 is 2.59 bits per heavy atom. The molecule has 0 saturated carbocycles. The summed E-state index contributed by atoms with van der Waals surface area (Å²) < 4.78 is 5.36. The Morgan fingerprint density at radius 2 is 1.77 bits per heavy atom. The first-order chi connectivity index (χ1) is 10.8. The number of hydrogen-bond acceptors (Lipinski definition) is 3. The molecule has 1 aliphatic carbocycles. The van der Waals surface area contributed by atoms with Gasteiger partial charge in [-0.2, -0.15) is 0 Å². The summed E-state index contributed by atoms with van der Waals surface area (Å²) in [6.07, 6.45) is 1.91. The molecular weight excluding hydrogens is 276 g/mol. The predicted octanol–water partition coefficient (Wildman–Crippen LogP) is 3.53.